The molecule has 2 fully saturated rings. The van der Waals surface area contributed by atoms with Crippen LogP contribution in [-0.2, 0) is 6.18 Å². The fourth-order valence-electron chi connectivity index (χ4n) is 3.43. The van der Waals surface area contributed by atoms with Gasteiger partial charge < -0.3 is 0 Å². The highest BCUT2D eigenvalue weighted by atomic mass is 19.4. The topological polar surface area (TPSA) is 50.9 Å². The lowest BCUT2D eigenvalue weighted by molar-refractivity contribution is -0.138. The summed E-state index contributed by atoms with van der Waals surface area (Å²) in [5.74, 6) is 7.09. The Labute approximate surface area is 109 Å². The summed E-state index contributed by atoms with van der Waals surface area (Å²) in [6.07, 6.45) is 1.25. The summed E-state index contributed by atoms with van der Waals surface area (Å²) in [6.45, 7) is 0. The van der Waals surface area contributed by atoms with Crippen LogP contribution in [0.15, 0.2) is 18.5 Å². The normalized spacial score (nSPS) is 31.1. The molecule has 6 heteroatoms. The Bertz CT molecular complexity index is 464. The van der Waals surface area contributed by atoms with Crippen molar-refractivity contribution in [1.29, 1.82) is 0 Å². The number of halogens is 3. The van der Waals surface area contributed by atoms with Crippen molar-refractivity contribution in [2.75, 3.05) is 0 Å². The second-order valence-electron chi connectivity index (χ2n) is 5.59. The van der Waals surface area contributed by atoms with Gasteiger partial charge in [0.2, 0.25) is 0 Å². The van der Waals surface area contributed by atoms with Crippen LogP contribution < -0.4 is 11.3 Å². The average Bonchev–Trinajstić information content (AvgIpc) is 2.97. The first-order valence-corrected chi connectivity index (χ1v) is 6.48. The Balaban J connectivity index is 1.90. The maximum atomic E-state index is 13.0. The summed E-state index contributed by atoms with van der Waals surface area (Å²) >= 11 is 0. The van der Waals surface area contributed by atoms with Gasteiger partial charge in [0.05, 0.1) is 11.6 Å². The molecule has 0 aliphatic heterocycles. The van der Waals surface area contributed by atoms with Crippen LogP contribution in [0.5, 0.6) is 0 Å². The van der Waals surface area contributed by atoms with Gasteiger partial charge in [0, 0.05) is 18.0 Å². The Morgan fingerprint density at radius 2 is 1.95 bits per heavy atom. The number of alkyl halides is 3. The van der Waals surface area contributed by atoms with E-state index in [9.17, 15) is 13.2 Å². The van der Waals surface area contributed by atoms with Crippen LogP contribution in [-0.4, -0.2) is 4.98 Å². The van der Waals surface area contributed by atoms with E-state index in [1.54, 1.807) is 0 Å². The van der Waals surface area contributed by atoms with Crippen LogP contribution in [0.3, 0.4) is 0 Å². The highest BCUT2D eigenvalue weighted by molar-refractivity contribution is 5.30. The van der Waals surface area contributed by atoms with Crippen LogP contribution in [0.4, 0.5) is 13.2 Å². The van der Waals surface area contributed by atoms with Crippen LogP contribution in [0.1, 0.15) is 36.4 Å². The van der Waals surface area contributed by atoms with Crippen molar-refractivity contribution < 1.29 is 13.2 Å². The van der Waals surface area contributed by atoms with Gasteiger partial charge in [-0.3, -0.25) is 16.3 Å². The molecular formula is C13H16F3N3. The number of nitrogens with two attached hydrogens (primary N) is 1. The van der Waals surface area contributed by atoms with Gasteiger partial charge in [-0.15, -0.1) is 0 Å². The zero-order valence-electron chi connectivity index (χ0n) is 10.3. The number of nitrogens with zero attached hydrogens (tertiary/aromatic N) is 1. The first-order chi connectivity index (χ1) is 9.00. The van der Waals surface area contributed by atoms with E-state index in [1.807, 2.05) is 0 Å². The summed E-state index contributed by atoms with van der Waals surface area (Å²) in [7, 11) is 0. The predicted octanol–water partition coefficient (Wildman–Crippen LogP) is 2.65. The third-order valence-electron chi connectivity index (χ3n) is 4.42. The Hall–Kier alpha value is -1.14. The number of hydrogen-bond acceptors (Lipinski definition) is 3. The molecule has 3 atom stereocenters. The average molecular weight is 271 g/mol. The van der Waals surface area contributed by atoms with Crippen molar-refractivity contribution in [3.63, 3.8) is 0 Å². The maximum absolute atomic E-state index is 13.0. The molecule has 0 aromatic carbocycles. The summed E-state index contributed by atoms with van der Waals surface area (Å²) in [6, 6.07) is 0.563. The molecule has 0 bridgehead atoms. The van der Waals surface area contributed by atoms with E-state index >= 15 is 0 Å². The molecule has 3 unspecified atom stereocenters. The van der Waals surface area contributed by atoms with Gasteiger partial charge in [0.25, 0.3) is 0 Å². The van der Waals surface area contributed by atoms with E-state index < -0.39 is 17.8 Å². The highest BCUT2D eigenvalue weighted by Crippen LogP contribution is 2.57. The van der Waals surface area contributed by atoms with Gasteiger partial charge in [0.15, 0.2) is 0 Å². The standard InChI is InChI=1S/C13H16F3N3/c14-13(15,16)11-1-2-18-6-10(11)12(19-17)9-4-7-3-8(7)5-9/h1-2,6-9,12,19H,3-5,17H2. The third-order valence-corrected chi connectivity index (χ3v) is 4.42. The molecular weight excluding hydrogens is 255 g/mol. The van der Waals surface area contributed by atoms with Crippen molar-refractivity contribution in [3.05, 3.63) is 29.6 Å². The monoisotopic (exact) mass is 271 g/mol. The van der Waals surface area contributed by atoms with Gasteiger partial charge in [-0.25, -0.2) is 0 Å². The number of aromatic nitrogens is 1. The minimum atomic E-state index is -4.37. The molecule has 3 rings (SSSR count). The number of nitrogens with one attached hydrogen (secondary N) is 1. The van der Waals surface area contributed by atoms with Gasteiger partial charge in [-0.2, -0.15) is 13.2 Å². The van der Waals surface area contributed by atoms with Gasteiger partial charge in [-0.05, 0) is 43.1 Å². The van der Waals surface area contributed by atoms with Gasteiger partial charge >= 0.3 is 6.18 Å². The molecule has 0 saturated heterocycles. The largest absolute Gasteiger partial charge is 0.416 e. The van der Waals surface area contributed by atoms with Crippen LogP contribution >= 0.6 is 0 Å². The summed E-state index contributed by atoms with van der Waals surface area (Å²) in [5, 5.41) is 0. The number of hydrazine groups is 1. The molecule has 0 amide bonds. The number of rotatable bonds is 3. The zero-order chi connectivity index (χ0) is 13.6. The van der Waals surface area contributed by atoms with E-state index in [-0.39, 0.29) is 11.5 Å². The number of fused-ring (bicyclic) bond motifs is 1. The summed E-state index contributed by atoms with van der Waals surface area (Å²) in [4.78, 5) is 3.83. The second-order valence-corrected chi connectivity index (χ2v) is 5.59. The van der Waals surface area contributed by atoms with Crippen molar-refractivity contribution in [3.8, 4) is 0 Å². The first kappa shape index (κ1) is 12.9. The fraction of sp³-hybridized carbons (Fsp3) is 0.615. The van der Waals surface area contributed by atoms with Crippen molar-refractivity contribution in [2.45, 2.75) is 31.5 Å². The molecule has 104 valence electrons. The molecule has 2 aliphatic carbocycles. The van der Waals surface area contributed by atoms with E-state index in [1.165, 1.54) is 18.8 Å². The van der Waals surface area contributed by atoms with Crippen LogP contribution in [0, 0.1) is 17.8 Å². The molecule has 1 aromatic heterocycles. The molecule has 19 heavy (non-hydrogen) atoms. The van der Waals surface area contributed by atoms with E-state index in [4.69, 9.17) is 5.84 Å². The summed E-state index contributed by atoms with van der Waals surface area (Å²) < 4.78 is 39.1. The van der Waals surface area contributed by atoms with E-state index in [0.29, 0.717) is 11.8 Å². The minimum absolute atomic E-state index is 0.170. The molecule has 1 aromatic rings. The van der Waals surface area contributed by atoms with Crippen molar-refractivity contribution in [1.82, 2.24) is 10.4 Å². The molecule has 3 N–H and O–H groups in total. The highest BCUT2D eigenvalue weighted by Gasteiger charge is 2.49. The van der Waals surface area contributed by atoms with Crippen molar-refractivity contribution in [2.24, 2.45) is 23.6 Å². The first-order valence-electron chi connectivity index (χ1n) is 6.48. The lowest BCUT2D eigenvalue weighted by Crippen LogP contribution is -2.34. The quantitative estimate of drug-likeness (QED) is 0.656. The SMILES string of the molecule is NNC(c1cnccc1C(F)(F)F)C1CC2CC2C1. The molecule has 3 nitrogen and oxygen atoms in total. The fourth-order valence-corrected chi connectivity index (χ4v) is 3.43. The second kappa shape index (κ2) is 4.45. The van der Waals surface area contributed by atoms with Gasteiger partial charge in [0.1, 0.15) is 0 Å². The van der Waals surface area contributed by atoms with E-state index in [2.05, 4.69) is 10.4 Å². The Morgan fingerprint density at radius 3 is 2.53 bits per heavy atom. The van der Waals surface area contributed by atoms with Crippen molar-refractivity contribution >= 4 is 0 Å². The predicted molar refractivity (Wildman–Crippen MR) is 63.6 cm³/mol. The van der Waals surface area contributed by atoms with Crippen LogP contribution in [0.2, 0.25) is 0 Å². The smallest absolute Gasteiger partial charge is 0.271 e. The van der Waals surface area contributed by atoms with E-state index in [0.717, 1.165) is 18.9 Å². The zero-order valence-corrected chi connectivity index (χ0v) is 10.3. The van der Waals surface area contributed by atoms with Crippen LogP contribution in [0.25, 0.3) is 0 Å². The summed E-state index contributed by atoms with van der Waals surface area (Å²) in [5.41, 5.74) is 2.11. The molecule has 0 spiro atoms. The minimum Gasteiger partial charge on any atom is -0.271 e. The lowest BCUT2D eigenvalue weighted by Gasteiger charge is -2.26. The molecule has 1 heterocycles. The number of hydrogen-bond donors (Lipinski definition) is 2. The Kier molecular flexibility index (Phi) is 3.02. The lowest BCUT2D eigenvalue weighted by atomic mass is 9.88. The number of pyridine rings is 1. The molecule has 2 saturated carbocycles. The maximum Gasteiger partial charge on any atom is 0.416 e. The molecule has 0 radical (unpaired) electrons. The molecule has 2 aliphatic rings. The van der Waals surface area contributed by atoms with Gasteiger partial charge in [-0.1, -0.05) is 0 Å². The Morgan fingerprint density at radius 1 is 1.26 bits per heavy atom. The third kappa shape index (κ3) is 2.34.